The molecule has 0 aromatic heterocycles. The molecule has 1 heterocycles. The topological polar surface area (TPSA) is 110 Å². The Bertz CT molecular complexity index is 1020. The minimum absolute atomic E-state index is 0.0423. The van der Waals surface area contributed by atoms with E-state index in [0.717, 1.165) is 0 Å². The van der Waals surface area contributed by atoms with Gasteiger partial charge in [-0.1, -0.05) is 17.7 Å². The maximum atomic E-state index is 13.1. The van der Waals surface area contributed by atoms with E-state index in [4.69, 9.17) is 11.6 Å². The van der Waals surface area contributed by atoms with E-state index in [2.05, 4.69) is 0 Å². The number of hydrogen-bond acceptors (Lipinski definition) is 6. The SMILES string of the molecule is O=C(c1cccc(Cl)c1)N1CCN(c2c([N+](=O)[O-])cc(C(F)(F)F)cc2[N+](=O)[O-])CC1. The minimum atomic E-state index is -4.99. The van der Waals surface area contributed by atoms with Crippen molar-refractivity contribution in [2.75, 3.05) is 31.1 Å². The largest absolute Gasteiger partial charge is 0.416 e. The lowest BCUT2D eigenvalue weighted by molar-refractivity contribution is -0.393. The third kappa shape index (κ3) is 4.68. The van der Waals surface area contributed by atoms with Crippen LogP contribution in [0, 0.1) is 20.2 Å². The number of amides is 1. The van der Waals surface area contributed by atoms with Crippen LogP contribution in [0.1, 0.15) is 15.9 Å². The molecule has 0 aliphatic carbocycles. The Balaban J connectivity index is 1.91. The van der Waals surface area contributed by atoms with E-state index >= 15 is 0 Å². The number of alkyl halides is 3. The molecule has 0 saturated carbocycles. The molecule has 0 unspecified atom stereocenters. The Morgan fingerprint density at radius 2 is 1.52 bits per heavy atom. The minimum Gasteiger partial charge on any atom is -0.357 e. The molecule has 1 amide bonds. The number of rotatable bonds is 4. The summed E-state index contributed by atoms with van der Waals surface area (Å²) in [4.78, 5) is 36.0. The molecular formula is C18H14ClF3N4O5. The molecule has 0 bridgehead atoms. The second kappa shape index (κ2) is 8.38. The van der Waals surface area contributed by atoms with Crippen molar-refractivity contribution in [3.05, 3.63) is 72.8 Å². The second-order valence-corrected chi connectivity index (χ2v) is 7.10. The molecule has 9 nitrogen and oxygen atoms in total. The fourth-order valence-corrected chi connectivity index (χ4v) is 3.50. The van der Waals surface area contributed by atoms with Crippen molar-refractivity contribution in [2.24, 2.45) is 0 Å². The Morgan fingerprint density at radius 1 is 0.968 bits per heavy atom. The number of nitro benzene ring substituents is 2. The highest BCUT2D eigenvalue weighted by Crippen LogP contribution is 2.43. The van der Waals surface area contributed by atoms with Crippen molar-refractivity contribution in [3.63, 3.8) is 0 Å². The molecular weight excluding hydrogens is 445 g/mol. The first kappa shape index (κ1) is 22.3. The molecule has 13 heteroatoms. The van der Waals surface area contributed by atoms with Gasteiger partial charge < -0.3 is 9.80 Å². The summed E-state index contributed by atoms with van der Waals surface area (Å²) in [6.07, 6.45) is -4.99. The fourth-order valence-electron chi connectivity index (χ4n) is 3.31. The van der Waals surface area contributed by atoms with Crippen LogP contribution in [0.15, 0.2) is 36.4 Å². The highest BCUT2D eigenvalue weighted by molar-refractivity contribution is 6.30. The lowest BCUT2D eigenvalue weighted by Gasteiger charge is -2.35. The first-order chi connectivity index (χ1) is 14.5. The third-order valence-electron chi connectivity index (χ3n) is 4.75. The monoisotopic (exact) mass is 458 g/mol. The molecule has 0 radical (unpaired) electrons. The Morgan fingerprint density at radius 3 is 1.97 bits per heavy atom. The summed E-state index contributed by atoms with van der Waals surface area (Å²) in [5.74, 6) is -0.349. The van der Waals surface area contributed by atoms with Gasteiger partial charge in [-0.2, -0.15) is 13.2 Å². The average molecular weight is 459 g/mol. The Labute approximate surface area is 177 Å². The normalized spacial score (nSPS) is 14.5. The molecule has 1 saturated heterocycles. The van der Waals surface area contributed by atoms with E-state index in [0.29, 0.717) is 10.6 Å². The number of benzene rings is 2. The molecule has 2 aromatic carbocycles. The zero-order valence-corrected chi connectivity index (χ0v) is 16.4. The number of piperazine rings is 1. The predicted molar refractivity (Wildman–Crippen MR) is 104 cm³/mol. The van der Waals surface area contributed by atoms with Crippen molar-refractivity contribution in [1.82, 2.24) is 4.90 Å². The van der Waals surface area contributed by atoms with Crippen molar-refractivity contribution in [1.29, 1.82) is 0 Å². The summed E-state index contributed by atoms with van der Waals surface area (Å²) in [5, 5.41) is 23.2. The summed E-state index contributed by atoms with van der Waals surface area (Å²) >= 11 is 5.88. The smallest absolute Gasteiger partial charge is 0.357 e. The number of nitro groups is 2. The van der Waals surface area contributed by atoms with Crippen LogP contribution in [0.5, 0.6) is 0 Å². The van der Waals surface area contributed by atoms with Gasteiger partial charge >= 0.3 is 6.18 Å². The van der Waals surface area contributed by atoms with Gasteiger partial charge in [-0.3, -0.25) is 25.0 Å². The molecule has 1 aliphatic rings. The van der Waals surface area contributed by atoms with Crippen LogP contribution in [-0.4, -0.2) is 46.8 Å². The van der Waals surface area contributed by atoms with E-state index in [1.54, 1.807) is 18.2 Å². The zero-order chi connectivity index (χ0) is 22.9. The molecule has 31 heavy (non-hydrogen) atoms. The first-order valence-corrected chi connectivity index (χ1v) is 9.20. The molecule has 0 atom stereocenters. The molecule has 2 aromatic rings. The summed E-state index contributed by atoms with van der Waals surface area (Å²) < 4.78 is 39.2. The quantitative estimate of drug-likeness (QED) is 0.503. The molecule has 164 valence electrons. The zero-order valence-electron chi connectivity index (χ0n) is 15.6. The van der Waals surface area contributed by atoms with E-state index in [9.17, 15) is 38.2 Å². The number of nitrogens with zero attached hydrogens (tertiary/aromatic N) is 4. The number of carbonyl (C=O) groups excluding carboxylic acids is 1. The Kier molecular flexibility index (Phi) is 6.02. The van der Waals surface area contributed by atoms with Crippen LogP contribution in [0.2, 0.25) is 5.02 Å². The molecule has 1 aliphatic heterocycles. The van der Waals surface area contributed by atoms with Crippen LogP contribution < -0.4 is 4.90 Å². The molecule has 0 spiro atoms. The third-order valence-corrected chi connectivity index (χ3v) is 4.98. The van der Waals surface area contributed by atoms with Gasteiger partial charge in [0.1, 0.15) is 0 Å². The maximum Gasteiger partial charge on any atom is 0.416 e. The lowest BCUT2D eigenvalue weighted by Crippen LogP contribution is -2.49. The van der Waals surface area contributed by atoms with Crippen LogP contribution in [0.25, 0.3) is 0 Å². The average Bonchev–Trinajstić information content (AvgIpc) is 2.71. The lowest BCUT2D eigenvalue weighted by atomic mass is 10.1. The van der Waals surface area contributed by atoms with Crippen LogP contribution >= 0.6 is 11.6 Å². The summed E-state index contributed by atoms with van der Waals surface area (Å²) in [6.45, 7) is 0.0278. The number of halogens is 4. The fraction of sp³-hybridized carbons (Fsp3) is 0.278. The van der Waals surface area contributed by atoms with Gasteiger partial charge in [-0.15, -0.1) is 0 Å². The van der Waals surface area contributed by atoms with Gasteiger partial charge in [0.15, 0.2) is 5.69 Å². The summed E-state index contributed by atoms with van der Waals surface area (Å²) in [5.41, 5.74) is -3.71. The van der Waals surface area contributed by atoms with E-state index in [-0.39, 0.29) is 44.2 Å². The molecule has 3 rings (SSSR count). The number of carbonyl (C=O) groups is 1. The van der Waals surface area contributed by atoms with Gasteiger partial charge in [0.2, 0.25) is 0 Å². The summed E-state index contributed by atoms with van der Waals surface area (Å²) in [7, 11) is 0. The van der Waals surface area contributed by atoms with Crippen LogP contribution in [0.3, 0.4) is 0 Å². The molecule has 0 N–H and O–H groups in total. The van der Waals surface area contributed by atoms with Gasteiger partial charge in [0, 0.05) is 48.9 Å². The first-order valence-electron chi connectivity index (χ1n) is 8.83. The number of anilines is 1. The van der Waals surface area contributed by atoms with Crippen molar-refractivity contribution >= 4 is 34.6 Å². The second-order valence-electron chi connectivity index (χ2n) is 6.66. The van der Waals surface area contributed by atoms with Crippen molar-refractivity contribution in [3.8, 4) is 0 Å². The van der Waals surface area contributed by atoms with Gasteiger partial charge in [-0.25, -0.2) is 0 Å². The maximum absolute atomic E-state index is 13.1. The summed E-state index contributed by atoms with van der Waals surface area (Å²) in [6, 6.07) is 6.80. The van der Waals surface area contributed by atoms with E-state index in [1.165, 1.54) is 15.9 Å². The number of hydrogen-bond donors (Lipinski definition) is 0. The van der Waals surface area contributed by atoms with Crippen LogP contribution in [0.4, 0.5) is 30.2 Å². The van der Waals surface area contributed by atoms with Gasteiger partial charge in [-0.05, 0) is 18.2 Å². The van der Waals surface area contributed by atoms with E-state index < -0.39 is 38.6 Å². The van der Waals surface area contributed by atoms with E-state index in [1.807, 2.05) is 0 Å². The van der Waals surface area contributed by atoms with Crippen LogP contribution in [-0.2, 0) is 6.18 Å². The Hall–Kier alpha value is -3.41. The molecule has 1 fully saturated rings. The standard InChI is InChI=1S/C18H14ClF3N4O5/c19-13-3-1-2-11(8-13)17(27)24-6-4-23(5-7-24)16-14(25(28)29)9-12(18(20,21)22)10-15(16)26(30)31/h1-3,8-10H,4-7H2. The van der Waals surface area contributed by atoms with Crippen molar-refractivity contribution < 1.29 is 27.8 Å². The highest BCUT2D eigenvalue weighted by atomic mass is 35.5. The van der Waals surface area contributed by atoms with Gasteiger partial charge in [0.05, 0.1) is 15.4 Å². The van der Waals surface area contributed by atoms with Gasteiger partial charge in [0.25, 0.3) is 17.3 Å². The van der Waals surface area contributed by atoms with Crippen molar-refractivity contribution in [2.45, 2.75) is 6.18 Å². The highest BCUT2D eigenvalue weighted by Gasteiger charge is 2.40. The predicted octanol–water partition coefficient (Wildman–Crippen LogP) is 4.14.